The second-order valence-electron chi connectivity index (χ2n) is 6.20. The predicted molar refractivity (Wildman–Crippen MR) is 93.9 cm³/mol. The summed E-state index contributed by atoms with van der Waals surface area (Å²) in [5, 5.41) is 6.89. The molecule has 1 aliphatic heterocycles. The number of fused-ring (bicyclic) bond motifs is 1. The SMILES string of the molecule is CC(C)NC(=O)c1cccc(-c2noc(-c3ccc4c(c3)OCO4)n2)c1. The van der Waals surface area contributed by atoms with Gasteiger partial charge in [-0.3, -0.25) is 4.79 Å². The van der Waals surface area contributed by atoms with Crippen molar-refractivity contribution in [2.75, 3.05) is 6.79 Å². The first-order valence-electron chi connectivity index (χ1n) is 8.25. The lowest BCUT2D eigenvalue weighted by atomic mass is 10.1. The van der Waals surface area contributed by atoms with E-state index < -0.39 is 0 Å². The molecule has 7 nitrogen and oxygen atoms in total. The van der Waals surface area contributed by atoms with E-state index >= 15 is 0 Å². The number of amides is 1. The fourth-order valence-corrected chi connectivity index (χ4v) is 2.63. The average Bonchev–Trinajstić information content (AvgIpc) is 3.30. The fraction of sp³-hybridized carbons (Fsp3) is 0.211. The van der Waals surface area contributed by atoms with Crippen LogP contribution in [0.4, 0.5) is 0 Å². The van der Waals surface area contributed by atoms with Gasteiger partial charge in [-0.05, 0) is 44.2 Å². The minimum Gasteiger partial charge on any atom is -0.454 e. The molecule has 0 radical (unpaired) electrons. The van der Waals surface area contributed by atoms with Crippen LogP contribution in [0.25, 0.3) is 22.8 Å². The van der Waals surface area contributed by atoms with E-state index in [4.69, 9.17) is 14.0 Å². The van der Waals surface area contributed by atoms with Gasteiger partial charge in [0, 0.05) is 22.7 Å². The van der Waals surface area contributed by atoms with Crippen molar-refractivity contribution in [3.8, 4) is 34.3 Å². The molecule has 132 valence electrons. The number of hydrogen-bond acceptors (Lipinski definition) is 6. The molecule has 0 aliphatic carbocycles. The number of benzene rings is 2. The van der Waals surface area contributed by atoms with Gasteiger partial charge in [-0.1, -0.05) is 17.3 Å². The van der Waals surface area contributed by atoms with E-state index in [0.717, 1.165) is 5.56 Å². The van der Waals surface area contributed by atoms with E-state index in [0.29, 0.717) is 34.3 Å². The Hall–Kier alpha value is -3.35. The van der Waals surface area contributed by atoms with Gasteiger partial charge >= 0.3 is 0 Å². The zero-order chi connectivity index (χ0) is 18.1. The molecular formula is C19H17N3O4. The van der Waals surface area contributed by atoms with E-state index in [1.807, 2.05) is 26.0 Å². The minimum atomic E-state index is -0.138. The number of carbonyl (C=O) groups is 1. The number of aromatic nitrogens is 2. The second-order valence-corrected chi connectivity index (χ2v) is 6.20. The average molecular weight is 351 g/mol. The summed E-state index contributed by atoms with van der Waals surface area (Å²) in [6, 6.07) is 12.6. The lowest BCUT2D eigenvalue weighted by Gasteiger charge is -2.08. The molecule has 0 saturated heterocycles. The summed E-state index contributed by atoms with van der Waals surface area (Å²) in [6.45, 7) is 4.04. The van der Waals surface area contributed by atoms with Crippen LogP contribution in [0.2, 0.25) is 0 Å². The van der Waals surface area contributed by atoms with E-state index in [1.54, 1.807) is 30.3 Å². The highest BCUT2D eigenvalue weighted by atomic mass is 16.7. The molecule has 1 aromatic heterocycles. The van der Waals surface area contributed by atoms with Gasteiger partial charge in [0.1, 0.15) is 0 Å². The molecule has 1 amide bonds. The molecule has 26 heavy (non-hydrogen) atoms. The summed E-state index contributed by atoms with van der Waals surface area (Å²) in [5.74, 6) is 1.99. The van der Waals surface area contributed by atoms with Gasteiger partial charge in [-0.2, -0.15) is 4.98 Å². The van der Waals surface area contributed by atoms with Crippen molar-refractivity contribution < 1.29 is 18.8 Å². The van der Waals surface area contributed by atoms with Crippen molar-refractivity contribution >= 4 is 5.91 Å². The molecule has 7 heteroatoms. The summed E-state index contributed by atoms with van der Waals surface area (Å²) in [7, 11) is 0. The molecule has 0 spiro atoms. The Balaban J connectivity index is 1.61. The third-order valence-electron chi connectivity index (χ3n) is 3.85. The molecule has 1 N–H and O–H groups in total. The molecule has 0 saturated carbocycles. The van der Waals surface area contributed by atoms with Crippen LogP contribution in [0.3, 0.4) is 0 Å². The van der Waals surface area contributed by atoms with Gasteiger partial charge in [0.15, 0.2) is 11.5 Å². The molecule has 3 aromatic rings. The van der Waals surface area contributed by atoms with Crippen molar-refractivity contribution in [1.29, 1.82) is 0 Å². The Kier molecular flexibility index (Phi) is 4.04. The Morgan fingerprint density at radius 1 is 1.08 bits per heavy atom. The third kappa shape index (κ3) is 3.11. The maximum atomic E-state index is 12.2. The molecule has 0 atom stereocenters. The summed E-state index contributed by atoms with van der Waals surface area (Å²) in [6.07, 6.45) is 0. The van der Waals surface area contributed by atoms with Crippen LogP contribution in [-0.2, 0) is 0 Å². The van der Waals surface area contributed by atoms with Gasteiger partial charge in [-0.25, -0.2) is 0 Å². The number of hydrogen-bond donors (Lipinski definition) is 1. The van der Waals surface area contributed by atoms with E-state index in [1.165, 1.54) is 0 Å². The minimum absolute atomic E-state index is 0.0638. The number of ether oxygens (including phenoxy) is 2. The van der Waals surface area contributed by atoms with Crippen LogP contribution in [0, 0.1) is 0 Å². The monoisotopic (exact) mass is 351 g/mol. The highest BCUT2D eigenvalue weighted by molar-refractivity contribution is 5.95. The Bertz CT molecular complexity index is 965. The maximum absolute atomic E-state index is 12.2. The molecule has 0 bridgehead atoms. The number of carbonyl (C=O) groups excluding carboxylic acids is 1. The van der Waals surface area contributed by atoms with Crippen molar-refractivity contribution in [2.24, 2.45) is 0 Å². The smallest absolute Gasteiger partial charge is 0.258 e. The first-order valence-corrected chi connectivity index (χ1v) is 8.25. The quantitative estimate of drug-likeness (QED) is 0.776. The van der Waals surface area contributed by atoms with Gasteiger partial charge in [0.05, 0.1) is 0 Å². The second kappa shape index (κ2) is 6.51. The lowest BCUT2D eigenvalue weighted by molar-refractivity contribution is 0.0943. The first kappa shape index (κ1) is 16.1. The van der Waals surface area contributed by atoms with Crippen molar-refractivity contribution in [2.45, 2.75) is 19.9 Å². The molecule has 4 rings (SSSR count). The topological polar surface area (TPSA) is 86.5 Å². The first-order chi connectivity index (χ1) is 12.6. The van der Waals surface area contributed by atoms with Gasteiger partial charge < -0.3 is 19.3 Å². The standard InChI is InChI=1S/C19H17N3O4/c1-11(2)20-18(23)13-5-3-4-12(8-13)17-21-19(26-22-17)14-6-7-15-16(9-14)25-10-24-15/h3-9,11H,10H2,1-2H3,(H,20,23). The van der Waals surface area contributed by atoms with Crippen molar-refractivity contribution in [3.63, 3.8) is 0 Å². The van der Waals surface area contributed by atoms with Crippen LogP contribution < -0.4 is 14.8 Å². The van der Waals surface area contributed by atoms with Gasteiger partial charge in [-0.15, -0.1) is 0 Å². The molecule has 2 aromatic carbocycles. The predicted octanol–water partition coefficient (Wildman–Crippen LogP) is 3.27. The van der Waals surface area contributed by atoms with E-state index in [2.05, 4.69) is 15.5 Å². The van der Waals surface area contributed by atoms with Gasteiger partial charge in [0.25, 0.3) is 11.8 Å². The highest BCUT2D eigenvalue weighted by Gasteiger charge is 2.18. The highest BCUT2D eigenvalue weighted by Crippen LogP contribution is 2.35. The van der Waals surface area contributed by atoms with Crippen molar-refractivity contribution in [3.05, 3.63) is 48.0 Å². The van der Waals surface area contributed by atoms with Crippen LogP contribution in [0.15, 0.2) is 47.0 Å². The Morgan fingerprint density at radius 3 is 2.77 bits per heavy atom. The van der Waals surface area contributed by atoms with Crippen LogP contribution >= 0.6 is 0 Å². The third-order valence-corrected chi connectivity index (χ3v) is 3.85. The molecular weight excluding hydrogens is 334 g/mol. The fourth-order valence-electron chi connectivity index (χ4n) is 2.63. The Labute approximate surface area is 149 Å². The number of nitrogens with zero attached hydrogens (tertiary/aromatic N) is 2. The zero-order valence-electron chi connectivity index (χ0n) is 14.4. The molecule has 0 unspecified atom stereocenters. The zero-order valence-corrected chi connectivity index (χ0v) is 14.4. The summed E-state index contributed by atoms with van der Waals surface area (Å²) in [5.41, 5.74) is 1.99. The summed E-state index contributed by atoms with van der Waals surface area (Å²) in [4.78, 5) is 16.6. The van der Waals surface area contributed by atoms with Crippen LogP contribution in [0.5, 0.6) is 11.5 Å². The normalized spacial score (nSPS) is 12.4. The maximum Gasteiger partial charge on any atom is 0.258 e. The largest absolute Gasteiger partial charge is 0.454 e. The number of nitrogens with one attached hydrogen (secondary N) is 1. The van der Waals surface area contributed by atoms with Crippen LogP contribution in [-0.4, -0.2) is 28.9 Å². The van der Waals surface area contributed by atoms with Gasteiger partial charge in [0.2, 0.25) is 12.6 Å². The van der Waals surface area contributed by atoms with E-state index in [9.17, 15) is 4.79 Å². The molecule has 1 aliphatic rings. The van der Waals surface area contributed by atoms with E-state index in [-0.39, 0.29) is 18.7 Å². The molecule has 0 fully saturated rings. The summed E-state index contributed by atoms with van der Waals surface area (Å²) >= 11 is 0. The molecule has 2 heterocycles. The summed E-state index contributed by atoms with van der Waals surface area (Å²) < 4.78 is 16.0. The van der Waals surface area contributed by atoms with Crippen molar-refractivity contribution in [1.82, 2.24) is 15.5 Å². The van der Waals surface area contributed by atoms with Crippen LogP contribution in [0.1, 0.15) is 24.2 Å². The number of rotatable bonds is 4. The lowest BCUT2D eigenvalue weighted by Crippen LogP contribution is -2.30. The Morgan fingerprint density at radius 2 is 1.92 bits per heavy atom.